The first-order chi connectivity index (χ1) is 8.25. The molecule has 0 aromatic carbocycles. The number of hydrogen-bond acceptors (Lipinski definition) is 4. The summed E-state index contributed by atoms with van der Waals surface area (Å²) in [6.45, 7) is 1.95. The Balaban J connectivity index is 2.31. The Morgan fingerprint density at radius 3 is 3.00 bits per heavy atom. The molecule has 0 aliphatic rings. The topological polar surface area (TPSA) is 56.5 Å². The van der Waals surface area contributed by atoms with Crippen molar-refractivity contribution < 1.29 is 0 Å². The SMILES string of the molecule is Cc1nn(-c2cc(Cl)ncn2)c2cnccc12. The fourth-order valence-corrected chi connectivity index (χ4v) is 1.87. The standard InChI is InChI=1S/C11H8ClN5/c1-7-8-2-3-13-5-9(8)17(16-7)11-4-10(12)14-6-15-11/h2-6H,1H3. The van der Waals surface area contributed by atoms with E-state index in [1.165, 1.54) is 6.33 Å². The van der Waals surface area contributed by atoms with Gasteiger partial charge in [0, 0.05) is 17.6 Å². The molecule has 0 saturated heterocycles. The predicted octanol–water partition coefficient (Wildman–Crippen LogP) is 2.17. The average molecular weight is 246 g/mol. The Labute approximate surface area is 102 Å². The molecule has 3 rings (SSSR count). The average Bonchev–Trinajstić information content (AvgIpc) is 2.68. The summed E-state index contributed by atoms with van der Waals surface area (Å²) >= 11 is 5.84. The number of nitrogens with zero attached hydrogens (tertiary/aromatic N) is 5. The first kappa shape index (κ1) is 10.2. The lowest BCUT2D eigenvalue weighted by Gasteiger charge is -2.01. The molecule has 84 valence electrons. The van der Waals surface area contributed by atoms with E-state index >= 15 is 0 Å². The van der Waals surface area contributed by atoms with Gasteiger partial charge in [-0.25, -0.2) is 14.6 Å². The molecular weight excluding hydrogens is 238 g/mol. The van der Waals surface area contributed by atoms with Gasteiger partial charge in [-0.05, 0) is 13.0 Å². The van der Waals surface area contributed by atoms with Crippen molar-refractivity contribution in [3.05, 3.63) is 41.7 Å². The number of halogens is 1. The summed E-state index contributed by atoms with van der Waals surface area (Å²) in [6, 6.07) is 3.59. The monoisotopic (exact) mass is 245 g/mol. The van der Waals surface area contributed by atoms with Crippen molar-refractivity contribution >= 4 is 22.5 Å². The lowest BCUT2D eigenvalue weighted by atomic mass is 10.3. The summed E-state index contributed by atoms with van der Waals surface area (Å²) in [5.41, 5.74) is 1.83. The van der Waals surface area contributed by atoms with Crippen molar-refractivity contribution in [1.29, 1.82) is 0 Å². The Hall–Kier alpha value is -2.01. The Kier molecular flexibility index (Phi) is 2.26. The van der Waals surface area contributed by atoms with E-state index in [-0.39, 0.29) is 0 Å². The third-order valence-corrected chi connectivity index (χ3v) is 2.71. The minimum absolute atomic E-state index is 0.389. The molecule has 0 unspecified atom stereocenters. The maximum absolute atomic E-state index is 5.84. The van der Waals surface area contributed by atoms with Crippen molar-refractivity contribution in [2.45, 2.75) is 6.92 Å². The van der Waals surface area contributed by atoms with Gasteiger partial charge in [-0.3, -0.25) is 4.98 Å². The molecule has 0 N–H and O–H groups in total. The molecule has 0 aliphatic heterocycles. The molecule has 0 fully saturated rings. The smallest absolute Gasteiger partial charge is 0.158 e. The van der Waals surface area contributed by atoms with E-state index in [9.17, 15) is 0 Å². The second kappa shape index (κ2) is 3.78. The van der Waals surface area contributed by atoms with Gasteiger partial charge in [0.05, 0.1) is 17.4 Å². The lowest BCUT2D eigenvalue weighted by Crippen LogP contribution is -2.00. The summed E-state index contributed by atoms with van der Waals surface area (Å²) in [4.78, 5) is 12.1. The van der Waals surface area contributed by atoms with E-state index in [2.05, 4.69) is 20.1 Å². The quantitative estimate of drug-likeness (QED) is 0.617. The maximum atomic E-state index is 5.84. The number of fused-ring (bicyclic) bond motifs is 1. The zero-order valence-corrected chi connectivity index (χ0v) is 9.76. The van der Waals surface area contributed by atoms with E-state index in [4.69, 9.17) is 11.6 Å². The zero-order chi connectivity index (χ0) is 11.8. The van der Waals surface area contributed by atoms with Crippen molar-refractivity contribution in [3.63, 3.8) is 0 Å². The molecular formula is C11H8ClN5. The van der Waals surface area contributed by atoms with Crippen molar-refractivity contribution in [1.82, 2.24) is 24.7 Å². The fraction of sp³-hybridized carbons (Fsp3) is 0.0909. The number of rotatable bonds is 1. The van der Waals surface area contributed by atoms with Gasteiger partial charge in [0.15, 0.2) is 5.82 Å². The zero-order valence-electron chi connectivity index (χ0n) is 9.00. The summed E-state index contributed by atoms with van der Waals surface area (Å²) in [5.74, 6) is 0.635. The van der Waals surface area contributed by atoms with Gasteiger partial charge in [0.2, 0.25) is 0 Å². The van der Waals surface area contributed by atoms with Crippen LogP contribution >= 0.6 is 11.6 Å². The van der Waals surface area contributed by atoms with Gasteiger partial charge >= 0.3 is 0 Å². The van der Waals surface area contributed by atoms with E-state index in [1.807, 2.05) is 13.0 Å². The summed E-state index contributed by atoms with van der Waals surface area (Å²) < 4.78 is 1.71. The molecule has 0 aliphatic carbocycles. The molecule has 3 aromatic rings. The van der Waals surface area contributed by atoms with Crippen LogP contribution in [0.2, 0.25) is 5.15 Å². The van der Waals surface area contributed by atoms with Crippen LogP contribution in [-0.4, -0.2) is 24.7 Å². The van der Waals surface area contributed by atoms with E-state index < -0.39 is 0 Å². The van der Waals surface area contributed by atoms with Crippen molar-refractivity contribution in [2.75, 3.05) is 0 Å². The van der Waals surface area contributed by atoms with Gasteiger partial charge < -0.3 is 0 Å². The number of pyridine rings is 1. The molecule has 17 heavy (non-hydrogen) atoms. The van der Waals surface area contributed by atoms with E-state index in [1.54, 1.807) is 23.1 Å². The van der Waals surface area contributed by atoms with Gasteiger partial charge in [0.25, 0.3) is 0 Å². The first-order valence-electron chi connectivity index (χ1n) is 5.03. The molecule has 0 atom stereocenters. The third-order valence-electron chi connectivity index (χ3n) is 2.50. The summed E-state index contributed by atoms with van der Waals surface area (Å²) in [5, 5.41) is 5.87. The van der Waals surface area contributed by atoms with Crippen LogP contribution in [0.15, 0.2) is 30.9 Å². The third kappa shape index (κ3) is 1.64. The van der Waals surface area contributed by atoms with Crippen LogP contribution in [-0.2, 0) is 0 Å². The highest BCUT2D eigenvalue weighted by Gasteiger charge is 2.09. The van der Waals surface area contributed by atoms with Crippen molar-refractivity contribution in [2.24, 2.45) is 0 Å². The molecule has 0 amide bonds. The fourth-order valence-electron chi connectivity index (χ4n) is 1.73. The van der Waals surface area contributed by atoms with E-state index in [0.717, 1.165) is 16.6 Å². The minimum Gasteiger partial charge on any atom is -0.262 e. The second-order valence-corrected chi connectivity index (χ2v) is 3.98. The normalized spacial score (nSPS) is 10.9. The predicted molar refractivity (Wildman–Crippen MR) is 64.2 cm³/mol. The molecule has 5 nitrogen and oxygen atoms in total. The summed E-state index contributed by atoms with van der Waals surface area (Å²) in [7, 11) is 0. The highest BCUT2D eigenvalue weighted by atomic mass is 35.5. The second-order valence-electron chi connectivity index (χ2n) is 3.59. The van der Waals surface area contributed by atoms with E-state index in [0.29, 0.717) is 11.0 Å². The van der Waals surface area contributed by atoms with Crippen LogP contribution in [0, 0.1) is 6.92 Å². The molecule has 0 saturated carbocycles. The highest BCUT2D eigenvalue weighted by Crippen LogP contribution is 2.20. The van der Waals surface area contributed by atoms with Crippen LogP contribution in [0.4, 0.5) is 0 Å². The van der Waals surface area contributed by atoms with Crippen molar-refractivity contribution in [3.8, 4) is 5.82 Å². The van der Waals surface area contributed by atoms with Gasteiger partial charge in [-0.1, -0.05) is 11.6 Å². The maximum Gasteiger partial charge on any atom is 0.158 e. The number of aromatic nitrogens is 5. The lowest BCUT2D eigenvalue weighted by molar-refractivity contribution is 0.848. The number of hydrogen-bond donors (Lipinski definition) is 0. The van der Waals surface area contributed by atoms with Gasteiger partial charge in [-0.15, -0.1) is 0 Å². The van der Waals surface area contributed by atoms with Gasteiger partial charge in [-0.2, -0.15) is 5.10 Å². The van der Waals surface area contributed by atoms with Crippen LogP contribution in [0.3, 0.4) is 0 Å². The Morgan fingerprint density at radius 1 is 1.29 bits per heavy atom. The Morgan fingerprint density at radius 2 is 2.18 bits per heavy atom. The van der Waals surface area contributed by atoms with Crippen LogP contribution < -0.4 is 0 Å². The molecule has 6 heteroatoms. The molecule has 0 radical (unpaired) electrons. The van der Waals surface area contributed by atoms with Crippen LogP contribution in [0.5, 0.6) is 0 Å². The molecule has 3 aromatic heterocycles. The Bertz CT molecular complexity index is 691. The highest BCUT2D eigenvalue weighted by molar-refractivity contribution is 6.29. The molecule has 0 spiro atoms. The van der Waals surface area contributed by atoms with Gasteiger partial charge in [0.1, 0.15) is 11.5 Å². The molecule has 0 bridgehead atoms. The van der Waals surface area contributed by atoms with Crippen LogP contribution in [0.25, 0.3) is 16.7 Å². The largest absolute Gasteiger partial charge is 0.262 e. The minimum atomic E-state index is 0.389. The first-order valence-corrected chi connectivity index (χ1v) is 5.41. The summed E-state index contributed by atoms with van der Waals surface area (Å²) in [6.07, 6.45) is 4.91. The van der Waals surface area contributed by atoms with Crippen LogP contribution in [0.1, 0.15) is 5.69 Å². The number of aryl methyl sites for hydroxylation is 1. The molecule has 3 heterocycles.